The maximum atomic E-state index is 14.1. The molecule has 5 rings (SSSR count). The smallest absolute Gasteiger partial charge is 0.243 e. The van der Waals surface area contributed by atoms with Crippen LogP contribution >= 0.6 is 35.6 Å². The number of aromatic nitrogens is 2. The van der Waals surface area contributed by atoms with E-state index in [-0.39, 0.29) is 35.2 Å². The number of halogens is 5. The molecule has 6 nitrogen and oxygen atoms in total. The van der Waals surface area contributed by atoms with Gasteiger partial charge in [0.05, 0.1) is 0 Å². The first-order valence-corrected chi connectivity index (χ1v) is 12.9. The Labute approximate surface area is 237 Å². The summed E-state index contributed by atoms with van der Waals surface area (Å²) < 4.78 is 27.5. The van der Waals surface area contributed by atoms with E-state index in [2.05, 4.69) is 31.9 Å². The lowest BCUT2D eigenvalue weighted by molar-refractivity contribution is -0.145. The maximum absolute atomic E-state index is 14.1. The minimum atomic E-state index is -0.730. The van der Waals surface area contributed by atoms with Crippen LogP contribution in [0.2, 0.25) is 10.3 Å². The first-order chi connectivity index (χ1) is 17.7. The predicted octanol–water partition coefficient (Wildman–Crippen LogP) is 4.80. The summed E-state index contributed by atoms with van der Waals surface area (Å²) in [5.41, 5.74) is 2.98. The molecule has 38 heavy (non-hydrogen) atoms. The molecule has 0 bridgehead atoms. The summed E-state index contributed by atoms with van der Waals surface area (Å²) in [5, 5.41) is 0.200. The van der Waals surface area contributed by atoms with Gasteiger partial charge in [-0.25, -0.2) is 9.97 Å². The third-order valence-corrected chi connectivity index (χ3v) is 7.66. The van der Waals surface area contributed by atoms with Crippen molar-refractivity contribution in [2.45, 2.75) is 31.5 Å². The predicted molar refractivity (Wildman–Crippen MR) is 146 cm³/mol. The fraction of sp³-hybridized carbons (Fsp3) is 0.370. The van der Waals surface area contributed by atoms with E-state index in [0.717, 1.165) is 18.7 Å². The highest BCUT2D eigenvalue weighted by atomic mass is 35.5. The molecule has 1 aromatic carbocycles. The number of hydrogen-bond donors (Lipinski definition) is 0. The maximum Gasteiger partial charge on any atom is 0.243 e. The first-order valence-electron chi connectivity index (χ1n) is 12.2. The Morgan fingerprint density at radius 1 is 0.921 bits per heavy atom. The van der Waals surface area contributed by atoms with Gasteiger partial charge in [-0.15, -0.1) is 12.4 Å². The minimum Gasteiger partial charge on any atom is -0.340 e. The molecule has 0 atom stereocenters. The summed E-state index contributed by atoms with van der Waals surface area (Å²) in [5.74, 6) is -1.26. The van der Waals surface area contributed by atoms with Gasteiger partial charge < -0.3 is 4.90 Å². The van der Waals surface area contributed by atoms with Gasteiger partial charge >= 0.3 is 0 Å². The lowest BCUT2D eigenvalue weighted by atomic mass is 9.90. The van der Waals surface area contributed by atoms with Crippen LogP contribution in [0.5, 0.6) is 0 Å². The second kappa shape index (κ2) is 11.8. The van der Waals surface area contributed by atoms with Crippen molar-refractivity contribution in [1.29, 1.82) is 0 Å². The normalized spacial score (nSPS) is 17.1. The molecule has 0 spiro atoms. The number of benzene rings is 1. The Morgan fingerprint density at radius 3 is 2.00 bits per heavy atom. The molecule has 2 aromatic heterocycles. The topological polar surface area (TPSA) is 52.6 Å². The number of nitrogens with zero attached hydrogens (tertiary/aromatic N) is 5. The number of pyridine rings is 2. The van der Waals surface area contributed by atoms with E-state index in [9.17, 15) is 13.6 Å². The Bertz CT molecular complexity index is 1250. The molecule has 1 fully saturated rings. The van der Waals surface area contributed by atoms with Crippen LogP contribution in [-0.4, -0.2) is 69.3 Å². The van der Waals surface area contributed by atoms with Gasteiger partial charge in [-0.1, -0.05) is 47.5 Å². The summed E-state index contributed by atoms with van der Waals surface area (Å²) >= 11 is 11.9. The summed E-state index contributed by atoms with van der Waals surface area (Å²) in [6, 6.07) is 14.1. The minimum absolute atomic E-state index is 0. The Balaban J connectivity index is 0.00000336. The van der Waals surface area contributed by atoms with Crippen molar-refractivity contribution in [2.24, 2.45) is 0 Å². The van der Waals surface area contributed by atoms with E-state index in [1.165, 1.54) is 23.3 Å². The van der Waals surface area contributed by atoms with Gasteiger partial charge in [-0.3, -0.25) is 14.6 Å². The van der Waals surface area contributed by atoms with Crippen molar-refractivity contribution in [3.8, 4) is 0 Å². The SMILES string of the molecule is CN(Cc1cc(F)nc(Cl)c1)C(=O)C1(N2CCN(Cc3cc(F)nc(Cl)c3)CC2)Cc2ccccc2C1.Cl. The lowest BCUT2D eigenvalue weighted by Crippen LogP contribution is -2.64. The molecule has 0 unspecified atom stereocenters. The molecule has 1 saturated heterocycles. The van der Waals surface area contributed by atoms with Crippen LogP contribution in [0.25, 0.3) is 0 Å². The summed E-state index contributed by atoms with van der Waals surface area (Å²) in [7, 11) is 1.75. The molecular weight excluding hydrogens is 555 g/mol. The van der Waals surface area contributed by atoms with Gasteiger partial charge in [-0.05, 0) is 46.5 Å². The summed E-state index contributed by atoms with van der Waals surface area (Å²) in [6.07, 6.45) is 1.23. The van der Waals surface area contributed by atoms with Gasteiger partial charge in [-0.2, -0.15) is 8.78 Å². The fourth-order valence-electron chi connectivity index (χ4n) is 5.61. The summed E-state index contributed by atoms with van der Waals surface area (Å²) in [6.45, 7) is 3.60. The van der Waals surface area contributed by atoms with E-state index < -0.39 is 17.4 Å². The number of likely N-dealkylation sites (N-methyl/N-ethyl adjacent to an activating group) is 1. The average Bonchev–Trinajstić information content (AvgIpc) is 3.23. The molecule has 0 N–H and O–H groups in total. The molecular formula is C27H28Cl3F2N5O. The van der Waals surface area contributed by atoms with E-state index >= 15 is 0 Å². The quantitative estimate of drug-likeness (QED) is 0.391. The van der Waals surface area contributed by atoms with Crippen LogP contribution in [0.1, 0.15) is 22.3 Å². The lowest BCUT2D eigenvalue weighted by Gasteiger charge is -2.46. The molecule has 0 radical (unpaired) electrons. The zero-order valence-electron chi connectivity index (χ0n) is 20.8. The average molecular weight is 583 g/mol. The van der Waals surface area contributed by atoms with Gasteiger partial charge in [0.25, 0.3) is 0 Å². The number of piperazine rings is 1. The Kier molecular flexibility index (Phi) is 8.89. The van der Waals surface area contributed by atoms with Crippen molar-refractivity contribution in [1.82, 2.24) is 24.7 Å². The van der Waals surface area contributed by atoms with Crippen molar-refractivity contribution in [3.63, 3.8) is 0 Å². The summed E-state index contributed by atoms with van der Waals surface area (Å²) in [4.78, 5) is 27.5. The zero-order valence-corrected chi connectivity index (χ0v) is 23.2. The molecule has 202 valence electrons. The standard InChI is InChI=1S/C27H27Cl2F2N5O.ClH/c1-34(16-18-10-22(28)32-24(30)12-18)26(37)27(14-20-4-2-3-5-21(20)15-27)36-8-6-35(7-9-36)17-19-11-23(29)33-25(31)13-19;/h2-5,10-13H,6-9,14-17H2,1H3;1H. The van der Waals surface area contributed by atoms with Crippen molar-refractivity contribution in [3.05, 3.63) is 93.0 Å². The molecule has 3 aromatic rings. The van der Waals surface area contributed by atoms with Gasteiger partial charge in [0.1, 0.15) is 15.8 Å². The number of fused-ring (bicyclic) bond motifs is 1. The van der Waals surface area contributed by atoms with Gasteiger partial charge in [0.15, 0.2) is 0 Å². The van der Waals surface area contributed by atoms with Gasteiger partial charge in [0, 0.05) is 59.2 Å². The van der Waals surface area contributed by atoms with Crippen molar-refractivity contribution in [2.75, 3.05) is 33.2 Å². The van der Waals surface area contributed by atoms with E-state index in [1.54, 1.807) is 24.1 Å². The van der Waals surface area contributed by atoms with E-state index in [1.807, 2.05) is 12.1 Å². The fourth-order valence-corrected chi connectivity index (χ4v) is 6.05. The second-order valence-corrected chi connectivity index (χ2v) is 10.6. The van der Waals surface area contributed by atoms with E-state index in [0.29, 0.717) is 38.0 Å². The highest BCUT2D eigenvalue weighted by Crippen LogP contribution is 2.37. The first kappa shape index (κ1) is 28.6. The highest BCUT2D eigenvalue weighted by molar-refractivity contribution is 6.29. The van der Waals surface area contributed by atoms with Crippen LogP contribution in [0, 0.1) is 11.9 Å². The molecule has 0 saturated carbocycles. The largest absolute Gasteiger partial charge is 0.340 e. The Morgan fingerprint density at radius 2 is 1.45 bits per heavy atom. The van der Waals surface area contributed by atoms with Crippen molar-refractivity contribution >= 4 is 41.5 Å². The molecule has 1 amide bonds. The second-order valence-electron chi connectivity index (χ2n) is 9.82. The molecule has 1 aliphatic heterocycles. The molecule has 2 aliphatic rings. The van der Waals surface area contributed by atoms with Crippen LogP contribution in [-0.2, 0) is 30.7 Å². The number of hydrogen-bond acceptors (Lipinski definition) is 5. The van der Waals surface area contributed by atoms with Crippen LogP contribution in [0.15, 0.2) is 48.5 Å². The molecule has 3 heterocycles. The van der Waals surface area contributed by atoms with Crippen LogP contribution in [0.3, 0.4) is 0 Å². The number of rotatable bonds is 6. The van der Waals surface area contributed by atoms with Crippen molar-refractivity contribution < 1.29 is 13.6 Å². The number of carbonyl (C=O) groups is 1. The van der Waals surface area contributed by atoms with Crippen LogP contribution in [0.4, 0.5) is 8.78 Å². The Hall–Kier alpha value is -2.36. The third kappa shape index (κ3) is 6.10. The molecule has 1 aliphatic carbocycles. The highest BCUT2D eigenvalue weighted by Gasteiger charge is 2.50. The van der Waals surface area contributed by atoms with Crippen LogP contribution < -0.4 is 0 Å². The zero-order chi connectivity index (χ0) is 26.2. The number of carbonyl (C=O) groups excluding carboxylic acids is 1. The number of amides is 1. The monoisotopic (exact) mass is 581 g/mol. The third-order valence-electron chi connectivity index (χ3n) is 7.28. The van der Waals surface area contributed by atoms with Gasteiger partial charge in [0.2, 0.25) is 17.8 Å². The van der Waals surface area contributed by atoms with E-state index in [4.69, 9.17) is 23.2 Å². The molecule has 11 heteroatoms.